The lowest BCUT2D eigenvalue weighted by Crippen LogP contribution is -2.42. The fraction of sp³-hybridized carbons (Fsp3) is 0.233. The molecule has 0 saturated carbocycles. The molecule has 1 amide bonds. The van der Waals surface area contributed by atoms with Crippen LogP contribution in [-0.4, -0.2) is 37.8 Å². The highest BCUT2D eigenvalue weighted by Gasteiger charge is 2.24. The Balaban J connectivity index is 1.42. The van der Waals surface area contributed by atoms with Crippen molar-refractivity contribution in [3.8, 4) is 11.8 Å². The van der Waals surface area contributed by atoms with Crippen LogP contribution >= 0.6 is 0 Å². The van der Waals surface area contributed by atoms with Gasteiger partial charge >= 0.3 is 5.97 Å². The van der Waals surface area contributed by atoms with Gasteiger partial charge in [-0.1, -0.05) is 19.1 Å². The highest BCUT2D eigenvalue weighted by molar-refractivity contribution is 5.99. The molecule has 2 heterocycles. The quantitative estimate of drug-likeness (QED) is 0.282. The van der Waals surface area contributed by atoms with Gasteiger partial charge in [0.15, 0.2) is 0 Å². The highest BCUT2D eigenvalue weighted by atomic mass is 16.4. The smallest absolute Gasteiger partial charge is 0.326 e. The summed E-state index contributed by atoms with van der Waals surface area (Å²) in [4.78, 5) is 29.4. The van der Waals surface area contributed by atoms with Crippen LogP contribution in [0.5, 0.6) is 0 Å². The number of nitrogens with one attached hydrogen (secondary N) is 2. The molecule has 0 radical (unpaired) electrons. The molecule has 0 aliphatic rings. The number of nitrogens with zero attached hydrogens (tertiary/aromatic N) is 4. The van der Waals surface area contributed by atoms with Crippen molar-refractivity contribution < 1.29 is 14.7 Å². The predicted molar refractivity (Wildman–Crippen MR) is 148 cm³/mol. The first-order valence-corrected chi connectivity index (χ1v) is 12.6. The molecule has 2 aromatic heterocycles. The van der Waals surface area contributed by atoms with E-state index in [0.29, 0.717) is 35.2 Å². The molecular formula is C30H30N6O3. The molecule has 39 heavy (non-hydrogen) atoms. The Kier molecular flexibility index (Phi) is 8.37. The van der Waals surface area contributed by atoms with E-state index in [4.69, 9.17) is 0 Å². The summed E-state index contributed by atoms with van der Waals surface area (Å²) in [6, 6.07) is 15.6. The number of rotatable bonds is 10. The summed E-state index contributed by atoms with van der Waals surface area (Å²) in [6.45, 7) is 6.23. The van der Waals surface area contributed by atoms with Gasteiger partial charge in [0.05, 0.1) is 23.5 Å². The maximum absolute atomic E-state index is 13.1. The number of aromatic nitrogens is 3. The summed E-state index contributed by atoms with van der Waals surface area (Å²) in [7, 11) is 0. The van der Waals surface area contributed by atoms with Crippen molar-refractivity contribution in [2.75, 3.05) is 5.32 Å². The fourth-order valence-corrected chi connectivity index (χ4v) is 4.40. The fourth-order valence-electron chi connectivity index (χ4n) is 4.40. The minimum absolute atomic E-state index is 0.121. The third-order valence-electron chi connectivity index (χ3n) is 6.42. The molecule has 3 N–H and O–H groups in total. The average Bonchev–Trinajstić information content (AvgIpc) is 3.40. The molecule has 4 rings (SSSR count). The van der Waals surface area contributed by atoms with E-state index in [9.17, 15) is 20.0 Å². The van der Waals surface area contributed by atoms with Gasteiger partial charge in [0.1, 0.15) is 11.9 Å². The zero-order chi connectivity index (χ0) is 27.9. The van der Waals surface area contributed by atoms with Crippen LogP contribution < -0.4 is 10.6 Å². The molecule has 1 atom stereocenters. The van der Waals surface area contributed by atoms with Crippen LogP contribution in [0.15, 0.2) is 67.1 Å². The van der Waals surface area contributed by atoms with E-state index in [2.05, 4.69) is 26.8 Å². The Morgan fingerprint density at radius 2 is 1.87 bits per heavy atom. The Morgan fingerprint density at radius 1 is 1.10 bits per heavy atom. The summed E-state index contributed by atoms with van der Waals surface area (Å²) < 4.78 is 1.75. The first-order valence-electron chi connectivity index (χ1n) is 12.6. The number of hydrogen-bond acceptors (Lipinski definition) is 6. The third-order valence-corrected chi connectivity index (χ3v) is 6.42. The van der Waals surface area contributed by atoms with Gasteiger partial charge in [0, 0.05) is 36.5 Å². The van der Waals surface area contributed by atoms with E-state index in [0.717, 1.165) is 28.2 Å². The molecule has 9 nitrogen and oxygen atoms in total. The van der Waals surface area contributed by atoms with Crippen molar-refractivity contribution in [1.29, 1.82) is 5.26 Å². The number of pyridine rings is 1. The van der Waals surface area contributed by atoms with Crippen LogP contribution in [-0.2, 0) is 24.2 Å². The summed E-state index contributed by atoms with van der Waals surface area (Å²) >= 11 is 0. The largest absolute Gasteiger partial charge is 0.480 e. The van der Waals surface area contributed by atoms with E-state index in [1.54, 1.807) is 36.1 Å². The van der Waals surface area contributed by atoms with Crippen LogP contribution in [0.4, 0.5) is 5.82 Å². The molecule has 1 unspecified atom stereocenters. The van der Waals surface area contributed by atoms with Crippen LogP contribution in [0.2, 0.25) is 0 Å². The van der Waals surface area contributed by atoms with E-state index in [-0.39, 0.29) is 6.42 Å². The number of hydrogen-bond donors (Lipinski definition) is 3. The first kappa shape index (κ1) is 27.1. The highest BCUT2D eigenvalue weighted by Crippen LogP contribution is 2.19. The van der Waals surface area contributed by atoms with Gasteiger partial charge in [-0.05, 0) is 78.9 Å². The van der Waals surface area contributed by atoms with Gasteiger partial charge in [0.2, 0.25) is 0 Å². The lowest BCUT2D eigenvalue weighted by molar-refractivity contribution is -0.139. The molecule has 0 aliphatic heterocycles. The van der Waals surface area contributed by atoms with Gasteiger partial charge in [-0.25, -0.2) is 14.5 Å². The topological polar surface area (TPSA) is 133 Å². The molecule has 0 aliphatic carbocycles. The molecule has 198 valence electrons. The van der Waals surface area contributed by atoms with Crippen molar-refractivity contribution in [1.82, 2.24) is 20.1 Å². The molecule has 2 aromatic carbocycles. The average molecular weight is 523 g/mol. The second kappa shape index (κ2) is 12.0. The van der Waals surface area contributed by atoms with E-state index >= 15 is 0 Å². The number of aryl methyl sites for hydroxylation is 3. The number of amides is 1. The van der Waals surface area contributed by atoms with Gasteiger partial charge in [-0.3, -0.25) is 4.79 Å². The van der Waals surface area contributed by atoms with Crippen LogP contribution in [0.1, 0.15) is 50.7 Å². The third kappa shape index (κ3) is 6.67. The molecule has 0 saturated heterocycles. The van der Waals surface area contributed by atoms with Crippen molar-refractivity contribution >= 4 is 17.7 Å². The standard InChI is InChI=1S/C30H30N6O3/c1-4-24-13-22(15-31)12-20(3)28(24)29(37)35-26(30(38)39)14-21-5-7-25(8-6-21)36-18-23(17-34-36)16-33-27-11-19(2)9-10-32-27/h5-13,17-18,26H,4,14,16H2,1-3H3,(H,32,33)(H,35,37)(H,38,39). The monoisotopic (exact) mass is 522 g/mol. The Labute approximate surface area is 227 Å². The normalized spacial score (nSPS) is 11.4. The van der Waals surface area contributed by atoms with Crippen molar-refractivity contribution in [3.63, 3.8) is 0 Å². The molecule has 0 bridgehead atoms. The van der Waals surface area contributed by atoms with Crippen LogP contribution in [0, 0.1) is 25.2 Å². The zero-order valence-corrected chi connectivity index (χ0v) is 22.1. The molecular weight excluding hydrogens is 492 g/mol. The number of anilines is 1. The first-order chi connectivity index (χ1) is 18.8. The molecule has 4 aromatic rings. The molecule has 0 spiro atoms. The number of carboxylic acids is 1. The lowest BCUT2D eigenvalue weighted by atomic mass is 9.96. The summed E-state index contributed by atoms with van der Waals surface area (Å²) in [6.07, 6.45) is 6.13. The number of nitriles is 1. The lowest BCUT2D eigenvalue weighted by Gasteiger charge is -2.18. The number of carboxylic acid groups (broad SMARTS) is 1. The maximum atomic E-state index is 13.1. The number of aliphatic carboxylic acids is 1. The summed E-state index contributed by atoms with van der Waals surface area (Å²) in [5.41, 5.74) is 5.94. The summed E-state index contributed by atoms with van der Waals surface area (Å²) in [5.74, 6) is -0.784. The molecule has 0 fully saturated rings. The number of carbonyl (C=O) groups excluding carboxylic acids is 1. The van der Waals surface area contributed by atoms with E-state index < -0.39 is 17.9 Å². The zero-order valence-electron chi connectivity index (χ0n) is 22.1. The Hall–Kier alpha value is -4.97. The SMILES string of the molecule is CCc1cc(C#N)cc(C)c1C(=O)NC(Cc1ccc(-n2cc(CNc3cc(C)ccn3)cn2)cc1)C(=O)O. The Bertz CT molecular complexity index is 1540. The predicted octanol–water partition coefficient (Wildman–Crippen LogP) is 4.36. The Morgan fingerprint density at radius 3 is 2.54 bits per heavy atom. The van der Waals surface area contributed by atoms with Gasteiger partial charge in [-0.2, -0.15) is 10.4 Å². The van der Waals surface area contributed by atoms with Crippen molar-refractivity contribution in [2.24, 2.45) is 0 Å². The van der Waals surface area contributed by atoms with Crippen LogP contribution in [0.25, 0.3) is 5.69 Å². The van der Waals surface area contributed by atoms with Gasteiger partial charge in [-0.15, -0.1) is 0 Å². The summed E-state index contributed by atoms with van der Waals surface area (Å²) in [5, 5.41) is 29.4. The van der Waals surface area contributed by atoms with Crippen molar-refractivity contribution in [3.05, 3.63) is 106 Å². The second-order valence-corrected chi connectivity index (χ2v) is 9.39. The maximum Gasteiger partial charge on any atom is 0.326 e. The van der Waals surface area contributed by atoms with Crippen molar-refractivity contribution in [2.45, 2.75) is 46.2 Å². The molecule has 9 heteroatoms. The van der Waals surface area contributed by atoms with E-state index in [1.165, 1.54) is 0 Å². The number of carbonyl (C=O) groups is 2. The van der Waals surface area contributed by atoms with Crippen LogP contribution in [0.3, 0.4) is 0 Å². The van der Waals surface area contributed by atoms with Gasteiger partial charge in [0.25, 0.3) is 5.91 Å². The van der Waals surface area contributed by atoms with E-state index in [1.807, 2.05) is 56.4 Å². The van der Waals surface area contributed by atoms with Gasteiger partial charge < -0.3 is 15.7 Å². The number of benzene rings is 2. The minimum Gasteiger partial charge on any atom is -0.480 e. The second-order valence-electron chi connectivity index (χ2n) is 9.39. The minimum atomic E-state index is -1.12.